The summed E-state index contributed by atoms with van der Waals surface area (Å²) in [5, 5.41) is 3.62. The molecule has 0 aromatic rings. The van der Waals surface area contributed by atoms with E-state index in [4.69, 9.17) is 0 Å². The molecule has 1 aliphatic heterocycles. The maximum atomic E-state index is 3.62. The lowest BCUT2D eigenvalue weighted by Crippen LogP contribution is -2.54. The third kappa shape index (κ3) is 3.94. The van der Waals surface area contributed by atoms with Gasteiger partial charge in [0.1, 0.15) is 0 Å². The molecule has 1 saturated heterocycles. The van der Waals surface area contributed by atoms with Crippen LogP contribution in [0.2, 0.25) is 0 Å². The third-order valence-corrected chi connectivity index (χ3v) is 4.48. The van der Waals surface area contributed by atoms with Crippen LogP contribution in [0.5, 0.6) is 0 Å². The maximum Gasteiger partial charge on any atom is 0.0218 e. The lowest BCUT2D eigenvalue weighted by atomic mass is 10.1. The van der Waals surface area contributed by atoms with Crippen LogP contribution in [0, 0.1) is 0 Å². The highest BCUT2D eigenvalue weighted by molar-refractivity contribution is 4.84. The molecule has 3 heteroatoms. The SMILES string of the molecule is CCC1CN(C(C)CCNC2CC2)CCN1C. The van der Waals surface area contributed by atoms with E-state index in [2.05, 4.69) is 36.0 Å². The fourth-order valence-electron chi connectivity index (χ4n) is 2.78. The quantitative estimate of drug-likeness (QED) is 0.758. The first-order valence-electron chi connectivity index (χ1n) is 7.38. The number of nitrogens with zero attached hydrogens (tertiary/aromatic N) is 2. The van der Waals surface area contributed by atoms with Gasteiger partial charge >= 0.3 is 0 Å². The van der Waals surface area contributed by atoms with Gasteiger partial charge in [0.05, 0.1) is 0 Å². The molecular formula is C14H29N3. The van der Waals surface area contributed by atoms with Crippen molar-refractivity contribution >= 4 is 0 Å². The zero-order valence-electron chi connectivity index (χ0n) is 11.8. The zero-order chi connectivity index (χ0) is 12.3. The maximum absolute atomic E-state index is 3.62. The summed E-state index contributed by atoms with van der Waals surface area (Å²) in [6.07, 6.45) is 5.39. The van der Waals surface area contributed by atoms with Gasteiger partial charge in [-0.25, -0.2) is 0 Å². The van der Waals surface area contributed by atoms with Gasteiger partial charge in [-0.2, -0.15) is 0 Å². The number of nitrogens with one attached hydrogen (secondary N) is 1. The minimum Gasteiger partial charge on any atom is -0.314 e. The summed E-state index contributed by atoms with van der Waals surface area (Å²) in [5.74, 6) is 0. The monoisotopic (exact) mass is 239 g/mol. The van der Waals surface area contributed by atoms with Crippen LogP contribution in [-0.4, -0.2) is 61.2 Å². The molecule has 2 unspecified atom stereocenters. The van der Waals surface area contributed by atoms with Crippen molar-refractivity contribution in [1.29, 1.82) is 0 Å². The van der Waals surface area contributed by atoms with Gasteiger partial charge in [0.2, 0.25) is 0 Å². The number of hydrogen-bond acceptors (Lipinski definition) is 3. The topological polar surface area (TPSA) is 18.5 Å². The molecule has 0 spiro atoms. The van der Waals surface area contributed by atoms with E-state index in [0.717, 1.165) is 18.1 Å². The summed E-state index contributed by atoms with van der Waals surface area (Å²) >= 11 is 0. The molecule has 3 nitrogen and oxygen atoms in total. The smallest absolute Gasteiger partial charge is 0.0218 e. The molecule has 2 fully saturated rings. The van der Waals surface area contributed by atoms with Crippen LogP contribution in [0.15, 0.2) is 0 Å². The third-order valence-electron chi connectivity index (χ3n) is 4.48. The Hall–Kier alpha value is -0.120. The van der Waals surface area contributed by atoms with Crippen LogP contribution < -0.4 is 5.32 Å². The van der Waals surface area contributed by atoms with Gasteiger partial charge in [-0.15, -0.1) is 0 Å². The fraction of sp³-hybridized carbons (Fsp3) is 1.00. The van der Waals surface area contributed by atoms with Crippen molar-refractivity contribution in [1.82, 2.24) is 15.1 Å². The van der Waals surface area contributed by atoms with Crippen LogP contribution in [0.3, 0.4) is 0 Å². The molecule has 0 amide bonds. The first-order chi connectivity index (χ1) is 8.20. The summed E-state index contributed by atoms with van der Waals surface area (Å²) < 4.78 is 0. The van der Waals surface area contributed by atoms with Gasteiger partial charge in [0.15, 0.2) is 0 Å². The Labute approximate surface area is 107 Å². The van der Waals surface area contributed by atoms with Crippen molar-refractivity contribution in [2.75, 3.05) is 33.2 Å². The van der Waals surface area contributed by atoms with Crippen molar-refractivity contribution in [2.45, 2.75) is 57.7 Å². The normalized spacial score (nSPS) is 29.5. The van der Waals surface area contributed by atoms with Gasteiger partial charge in [-0.3, -0.25) is 4.90 Å². The molecule has 2 aliphatic rings. The van der Waals surface area contributed by atoms with Crippen molar-refractivity contribution in [3.63, 3.8) is 0 Å². The minimum absolute atomic E-state index is 0.740. The summed E-state index contributed by atoms with van der Waals surface area (Å²) in [5.41, 5.74) is 0. The van der Waals surface area contributed by atoms with Gasteiger partial charge in [-0.05, 0) is 46.2 Å². The molecule has 0 aromatic heterocycles. The van der Waals surface area contributed by atoms with E-state index < -0.39 is 0 Å². The number of hydrogen-bond donors (Lipinski definition) is 1. The number of piperazine rings is 1. The van der Waals surface area contributed by atoms with E-state index in [1.807, 2.05) is 0 Å². The highest BCUT2D eigenvalue weighted by atomic mass is 15.3. The average Bonchev–Trinajstić information content (AvgIpc) is 3.13. The summed E-state index contributed by atoms with van der Waals surface area (Å²) in [4.78, 5) is 5.20. The molecule has 0 aromatic carbocycles. The second kappa shape index (κ2) is 6.17. The van der Waals surface area contributed by atoms with Crippen LogP contribution in [0.4, 0.5) is 0 Å². The highest BCUT2D eigenvalue weighted by Gasteiger charge is 2.26. The molecular weight excluding hydrogens is 210 g/mol. The van der Waals surface area contributed by atoms with Gasteiger partial charge in [-0.1, -0.05) is 6.92 Å². The van der Waals surface area contributed by atoms with E-state index in [1.54, 1.807) is 0 Å². The lowest BCUT2D eigenvalue weighted by Gasteiger charge is -2.42. The lowest BCUT2D eigenvalue weighted by molar-refractivity contribution is 0.0651. The molecule has 100 valence electrons. The second-order valence-electron chi connectivity index (χ2n) is 5.90. The Bertz CT molecular complexity index is 228. The molecule has 0 radical (unpaired) electrons. The van der Waals surface area contributed by atoms with Crippen molar-refractivity contribution in [2.24, 2.45) is 0 Å². The Morgan fingerprint density at radius 1 is 1.29 bits per heavy atom. The van der Waals surface area contributed by atoms with Crippen LogP contribution in [0.25, 0.3) is 0 Å². The van der Waals surface area contributed by atoms with Gasteiger partial charge in [0, 0.05) is 37.8 Å². The number of rotatable bonds is 6. The Kier molecular flexibility index (Phi) is 4.83. The summed E-state index contributed by atoms with van der Waals surface area (Å²) in [6, 6.07) is 2.37. The Morgan fingerprint density at radius 2 is 2.06 bits per heavy atom. The standard InChI is InChI=1S/C14H29N3/c1-4-14-11-17(10-9-16(14)3)12(2)7-8-15-13-5-6-13/h12-15H,4-11H2,1-3H3. The summed E-state index contributed by atoms with van der Waals surface area (Å²) in [7, 11) is 2.27. The second-order valence-corrected chi connectivity index (χ2v) is 5.90. The predicted molar refractivity (Wildman–Crippen MR) is 73.4 cm³/mol. The van der Waals surface area contributed by atoms with Crippen LogP contribution in [0.1, 0.15) is 39.5 Å². The Morgan fingerprint density at radius 3 is 2.71 bits per heavy atom. The molecule has 1 saturated carbocycles. The molecule has 2 rings (SSSR count). The number of likely N-dealkylation sites (N-methyl/N-ethyl adjacent to an activating group) is 1. The molecule has 1 heterocycles. The highest BCUT2D eigenvalue weighted by Crippen LogP contribution is 2.19. The first kappa shape index (κ1) is 13.3. The minimum atomic E-state index is 0.740. The first-order valence-corrected chi connectivity index (χ1v) is 7.38. The molecule has 17 heavy (non-hydrogen) atoms. The van der Waals surface area contributed by atoms with Gasteiger partial charge in [0.25, 0.3) is 0 Å². The van der Waals surface area contributed by atoms with E-state index in [0.29, 0.717) is 0 Å². The van der Waals surface area contributed by atoms with E-state index >= 15 is 0 Å². The molecule has 2 atom stereocenters. The zero-order valence-corrected chi connectivity index (χ0v) is 11.8. The predicted octanol–water partition coefficient (Wildman–Crippen LogP) is 1.54. The molecule has 1 N–H and O–H groups in total. The van der Waals surface area contributed by atoms with Gasteiger partial charge < -0.3 is 10.2 Å². The van der Waals surface area contributed by atoms with Crippen molar-refractivity contribution in [3.8, 4) is 0 Å². The largest absolute Gasteiger partial charge is 0.314 e. The Balaban J connectivity index is 1.68. The van der Waals surface area contributed by atoms with E-state index in [-0.39, 0.29) is 0 Å². The van der Waals surface area contributed by atoms with E-state index in [9.17, 15) is 0 Å². The molecule has 1 aliphatic carbocycles. The van der Waals surface area contributed by atoms with Crippen LogP contribution in [-0.2, 0) is 0 Å². The van der Waals surface area contributed by atoms with Crippen molar-refractivity contribution < 1.29 is 0 Å². The molecule has 0 bridgehead atoms. The fourth-order valence-corrected chi connectivity index (χ4v) is 2.78. The average molecular weight is 239 g/mol. The van der Waals surface area contributed by atoms with Crippen LogP contribution >= 0.6 is 0 Å². The van der Waals surface area contributed by atoms with Crippen molar-refractivity contribution in [3.05, 3.63) is 0 Å². The van der Waals surface area contributed by atoms with E-state index in [1.165, 1.54) is 51.9 Å². The summed E-state index contributed by atoms with van der Waals surface area (Å²) in [6.45, 7) is 9.65.